The summed E-state index contributed by atoms with van der Waals surface area (Å²) < 4.78 is 48.1. The summed E-state index contributed by atoms with van der Waals surface area (Å²) in [6, 6.07) is 9.97. The highest BCUT2D eigenvalue weighted by molar-refractivity contribution is 7.89. The molecular formula is C21H24FN3O5S. The highest BCUT2D eigenvalue weighted by Crippen LogP contribution is 2.43. The van der Waals surface area contributed by atoms with Gasteiger partial charge in [-0.15, -0.1) is 0 Å². The Morgan fingerprint density at radius 1 is 1.16 bits per heavy atom. The molecule has 2 heterocycles. The third-order valence-electron chi connectivity index (χ3n) is 5.83. The lowest BCUT2D eigenvalue weighted by Crippen LogP contribution is -2.41. The summed E-state index contributed by atoms with van der Waals surface area (Å²) in [5.74, 6) is -0.162. The molecule has 0 N–H and O–H groups in total. The van der Waals surface area contributed by atoms with Crippen LogP contribution >= 0.6 is 0 Å². The molecule has 8 nitrogen and oxygen atoms in total. The van der Waals surface area contributed by atoms with Gasteiger partial charge < -0.3 is 9.64 Å². The Balaban J connectivity index is 1.84. The van der Waals surface area contributed by atoms with E-state index < -0.39 is 14.9 Å². The topological polar surface area (TPSA) is 93.0 Å². The highest BCUT2D eigenvalue weighted by Gasteiger charge is 2.38. The first-order valence-electron chi connectivity index (χ1n) is 10.2. The molecule has 2 saturated heterocycles. The number of nitro groups is 1. The molecule has 0 spiro atoms. The van der Waals surface area contributed by atoms with E-state index in [0.717, 1.165) is 6.07 Å². The van der Waals surface area contributed by atoms with Crippen LogP contribution in [0.4, 0.5) is 15.8 Å². The molecule has 2 atom stereocenters. The summed E-state index contributed by atoms with van der Waals surface area (Å²) in [7, 11) is -4.01. The van der Waals surface area contributed by atoms with Crippen molar-refractivity contribution < 1.29 is 22.5 Å². The van der Waals surface area contributed by atoms with Gasteiger partial charge in [-0.2, -0.15) is 4.31 Å². The van der Waals surface area contributed by atoms with E-state index in [0.29, 0.717) is 24.2 Å². The molecule has 0 radical (unpaired) electrons. The van der Waals surface area contributed by atoms with Crippen LogP contribution in [0.2, 0.25) is 0 Å². The lowest BCUT2D eigenvalue weighted by molar-refractivity contribution is -0.385. The molecule has 0 aliphatic carbocycles. The first kappa shape index (κ1) is 21.7. The largest absolute Gasteiger partial charge is 0.379 e. The molecule has 0 bridgehead atoms. The number of benzene rings is 2. The molecule has 2 fully saturated rings. The number of non-ortho nitro benzene ring substituents is 1. The van der Waals surface area contributed by atoms with Crippen LogP contribution in [0, 0.1) is 21.8 Å². The molecule has 2 unspecified atom stereocenters. The summed E-state index contributed by atoms with van der Waals surface area (Å²) in [5.41, 5.74) is 0.542. The second-order valence-electron chi connectivity index (χ2n) is 7.96. The SMILES string of the molecule is CC1CC(c2ccccc2F)N(c2ccc([N+](=O)[O-])cc2S(=O)(=O)N2CCOCC2)C1. The first-order chi connectivity index (χ1) is 14.8. The average molecular weight is 450 g/mol. The zero-order valence-electron chi connectivity index (χ0n) is 17.1. The van der Waals surface area contributed by atoms with Gasteiger partial charge in [0.1, 0.15) is 10.7 Å². The molecule has 166 valence electrons. The fraction of sp³-hybridized carbons (Fsp3) is 0.429. The van der Waals surface area contributed by atoms with Crippen molar-refractivity contribution in [1.29, 1.82) is 0 Å². The third-order valence-corrected chi connectivity index (χ3v) is 7.75. The minimum Gasteiger partial charge on any atom is -0.379 e. The van der Waals surface area contributed by atoms with Crippen molar-refractivity contribution in [2.45, 2.75) is 24.3 Å². The minimum atomic E-state index is -4.01. The molecule has 2 aromatic rings. The third kappa shape index (κ3) is 4.15. The Kier molecular flexibility index (Phi) is 5.96. The van der Waals surface area contributed by atoms with Crippen molar-refractivity contribution in [3.63, 3.8) is 0 Å². The zero-order valence-corrected chi connectivity index (χ0v) is 17.9. The van der Waals surface area contributed by atoms with Crippen LogP contribution in [-0.2, 0) is 14.8 Å². The van der Waals surface area contributed by atoms with E-state index in [4.69, 9.17) is 4.74 Å². The molecule has 2 aromatic carbocycles. The maximum Gasteiger partial charge on any atom is 0.270 e. The van der Waals surface area contributed by atoms with Crippen molar-refractivity contribution in [3.05, 3.63) is 64.0 Å². The van der Waals surface area contributed by atoms with Gasteiger partial charge in [0, 0.05) is 37.3 Å². The Morgan fingerprint density at radius 3 is 2.55 bits per heavy atom. The van der Waals surface area contributed by atoms with Gasteiger partial charge in [-0.3, -0.25) is 10.1 Å². The number of nitrogens with zero attached hydrogens (tertiary/aromatic N) is 3. The summed E-state index contributed by atoms with van der Waals surface area (Å²) in [5, 5.41) is 11.4. The Hall–Kier alpha value is -2.56. The first-order valence-corrected chi connectivity index (χ1v) is 11.6. The van der Waals surface area contributed by atoms with Crippen molar-refractivity contribution in [3.8, 4) is 0 Å². The van der Waals surface area contributed by atoms with Gasteiger partial charge in [0.2, 0.25) is 10.0 Å². The van der Waals surface area contributed by atoms with Gasteiger partial charge in [-0.05, 0) is 24.5 Å². The summed E-state index contributed by atoms with van der Waals surface area (Å²) in [6.07, 6.45) is 0.648. The van der Waals surface area contributed by atoms with E-state index in [1.807, 2.05) is 11.8 Å². The predicted molar refractivity (Wildman–Crippen MR) is 113 cm³/mol. The van der Waals surface area contributed by atoms with Crippen molar-refractivity contribution >= 4 is 21.4 Å². The second kappa shape index (κ2) is 8.52. The molecular weight excluding hydrogens is 425 g/mol. The fourth-order valence-electron chi connectivity index (χ4n) is 4.34. The monoisotopic (exact) mass is 449 g/mol. The molecule has 2 aliphatic heterocycles. The quantitative estimate of drug-likeness (QED) is 0.513. The summed E-state index contributed by atoms with van der Waals surface area (Å²) >= 11 is 0. The fourth-order valence-corrected chi connectivity index (χ4v) is 5.97. The van der Waals surface area contributed by atoms with E-state index in [-0.39, 0.29) is 54.7 Å². The lowest BCUT2D eigenvalue weighted by Gasteiger charge is -2.31. The normalized spacial score (nSPS) is 22.6. The molecule has 0 saturated carbocycles. The number of sulfonamides is 1. The van der Waals surface area contributed by atoms with Gasteiger partial charge in [-0.25, -0.2) is 12.8 Å². The zero-order chi connectivity index (χ0) is 22.2. The number of hydrogen-bond donors (Lipinski definition) is 0. The number of morpholine rings is 1. The van der Waals surface area contributed by atoms with Gasteiger partial charge >= 0.3 is 0 Å². The Bertz CT molecular complexity index is 1090. The molecule has 0 amide bonds. The number of hydrogen-bond acceptors (Lipinski definition) is 6. The Labute approximate surface area is 180 Å². The maximum atomic E-state index is 14.6. The second-order valence-corrected chi connectivity index (χ2v) is 9.86. The smallest absolute Gasteiger partial charge is 0.270 e. The van der Waals surface area contributed by atoms with E-state index in [2.05, 4.69) is 0 Å². The maximum absolute atomic E-state index is 14.6. The van der Waals surface area contributed by atoms with Crippen molar-refractivity contribution in [2.24, 2.45) is 5.92 Å². The van der Waals surface area contributed by atoms with Gasteiger partial charge in [-0.1, -0.05) is 25.1 Å². The standard InChI is InChI=1S/C21H24FN3O5S/c1-15-12-20(17-4-2-3-5-18(17)22)24(14-15)19-7-6-16(25(26)27)13-21(19)31(28,29)23-8-10-30-11-9-23/h2-7,13,15,20H,8-12,14H2,1H3. The molecule has 2 aliphatic rings. The van der Waals surface area contributed by atoms with E-state index in [1.54, 1.807) is 18.2 Å². The van der Waals surface area contributed by atoms with Crippen molar-refractivity contribution in [1.82, 2.24) is 4.31 Å². The van der Waals surface area contributed by atoms with Crippen molar-refractivity contribution in [2.75, 3.05) is 37.7 Å². The Morgan fingerprint density at radius 2 is 1.87 bits per heavy atom. The predicted octanol–water partition coefficient (Wildman–Crippen LogP) is 3.34. The number of nitro benzene ring substituents is 1. The van der Waals surface area contributed by atoms with Crippen LogP contribution in [0.15, 0.2) is 47.4 Å². The van der Waals surface area contributed by atoms with Crippen LogP contribution in [0.3, 0.4) is 0 Å². The van der Waals surface area contributed by atoms with Crippen LogP contribution < -0.4 is 4.90 Å². The van der Waals surface area contributed by atoms with E-state index in [1.165, 1.54) is 22.5 Å². The average Bonchev–Trinajstić information content (AvgIpc) is 3.15. The lowest BCUT2D eigenvalue weighted by atomic mass is 10.0. The number of rotatable bonds is 5. The van der Waals surface area contributed by atoms with E-state index in [9.17, 15) is 22.9 Å². The van der Waals surface area contributed by atoms with Gasteiger partial charge in [0.25, 0.3) is 5.69 Å². The number of ether oxygens (including phenoxy) is 1. The molecule has 4 rings (SSSR count). The highest BCUT2D eigenvalue weighted by atomic mass is 32.2. The van der Waals surface area contributed by atoms with Gasteiger partial charge in [0.15, 0.2) is 0 Å². The number of anilines is 1. The minimum absolute atomic E-state index is 0.126. The molecule has 0 aromatic heterocycles. The summed E-state index contributed by atoms with van der Waals surface area (Å²) in [4.78, 5) is 12.5. The molecule has 10 heteroatoms. The van der Waals surface area contributed by atoms with Crippen LogP contribution in [0.5, 0.6) is 0 Å². The number of halogens is 1. The van der Waals surface area contributed by atoms with E-state index >= 15 is 0 Å². The van der Waals surface area contributed by atoms with Gasteiger partial charge in [0.05, 0.1) is 29.9 Å². The van der Waals surface area contributed by atoms with Crippen LogP contribution in [0.25, 0.3) is 0 Å². The molecule has 31 heavy (non-hydrogen) atoms. The van der Waals surface area contributed by atoms with Crippen LogP contribution in [0.1, 0.15) is 24.9 Å². The van der Waals surface area contributed by atoms with Crippen LogP contribution in [-0.4, -0.2) is 50.5 Å². The summed E-state index contributed by atoms with van der Waals surface area (Å²) in [6.45, 7) is 3.43.